The van der Waals surface area contributed by atoms with Crippen molar-refractivity contribution in [3.63, 3.8) is 0 Å². The second kappa shape index (κ2) is 9.76. The quantitative estimate of drug-likeness (QED) is 0.205. The molecule has 0 fully saturated rings. The monoisotopic (exact) mass is 369 g/mol. The van der Waals surface area contributed by atoms with Crippen LogP contribution in [0.25, 0.3) is 11.8 Å². The molecule has 2 rings (SSSR count). The number of anilines is 1. The number of benzene rings is 1. The number of rotatable bonds is 9. The molecule has 0 aliphatic carbocycles. The maximum atomic E-state index is 11.4. The number of allylic oxidation sites excluding steroid dienone is 1. The molecule has 5 N–H and O–H groups in total. The third-order valence-corrected chi connectivity index (χ3v) is 3.65. The van der Waals surface area contributed by atoms with Crippen molar-refractivity contribution in [3.05, 3.63) is 58.4 Å². The molecule has 0 spiro atoms. The van der Waals surface area contributed by atoms with E-state index in [1.807, 2.05) is 35.2 Å². The summed E-state index contributed by atoms with van der Waals surface area (Å²) in [6.07, 6.45) is 10.6. The third-order valence-electron chi connectivity index (χ3n) is 3.65. The van der Waals surface area contributed by atoms with Crippen molar-refractivity contribution in [2.24, 2.45) is 21.7 Å². The van der Waals surface area contributed by atoms with Crippen molar-refractivity contribution >= 4 is 29.6 Å². The molecule has 0 atom stereocenters. The molecule has 27 heavy (non-hydrogen) atoms. The van der Waals surface area contributed by atoms with E-state index in [9.17, 15) is 10.1 Å². The molecule has 0 radical (unpaired) electrons. The van der Waals surface area contributed by atoms with Crippen LogP contribution in [0, 0.1) is 10.1 Å². The van der Waals surface area contributed by atoms with Gasteiger partial charge >= 0.3 is 0 Å². The van der Waals surface area contributed by atoms with Crippen LogP contribution in [0.15, 0.2) is 52.9 Å². The van der Waals surface area contributed by atoms with Gasteiger partial charge in [-0.1, -0.05) is 19.4 Å². The molecule has 142 valence electrons. The van der Waals surface area contributed by atoms with Gasteiger partial charge in [0, 0.05) is 31.2 Å². The van der Waals surface area contributed by atoms with Gasteiger partial charge < -0.3 is 21.4 Å². The summed E-state index contributed by atoms with van der Waals surface area (Å²) in [6.45, 7) is 2.78. The first-order valence-corrected chi connectivity index (χ1v) is 8.50. The van der Waals surface area contributed by atoms with Gasteiger partial charge in [0.2, 0.25) is 5.96 Å². The van der Waals surface area contributed by atoms with Gasteiger partial charge in [0.25, 0.3) is 5.69 Å². The smallest absolute Gasteiger partial charge is 0.294 e. The van der Waals surface area contributed by atoms with E-state index in [1.54, 1.807) is 18.2 Å². The van der Waals surface area contributed by atoms with E-state index in [4.69, 9.17) is 11.5 Å². The van der Waals surface area contributed by atoms with Crippen molar-refractivity contribution in [2.45, 2.75) is 19.8 Å². The second-order valence-corrected chi connectivity index (χ2v) is 5.74. The van der Waals surface area contributed by atoms with E-state index < -0.39 is 0 Å². The van der Waals surface area contributed by atoms with Crippen LogP contribution < -0.4 is 16.8 Å². The number of nitrogens with zero attached hydrogens (tertiary/aromatic N) is 4. The first kappa shape index (κ1) is 19.7. The lowest BCUT2D eigenvalue weighted by Crippen LogP contribution is -2.21. The first-order chi connectivity index (χ1) is 13.0. The predicted molar refractivity (Wildman–Crippen MR) is 109 cm³/mol. The van der Waals surface area contributed by atoms with Crippen LogP contribution in [-0.2, 0) is 0 Å². The van der Waals surface area contributed by atoms with Gasteiger partial charge in [0.1, 0.15) is 5.69 Å². The molecule has 0 saturated heterocycles. The minimum atomic E-state index is -0.373. The molecular formula is C18H23N7O2. The minimum absolute atomic E-state index is 0.0544. The second-order valence-electron chi connectivity index (χ2n) is 5.74. The number of hydrogen-bond donors (Lipinski definition) is 3. The summed E-state index contributed by atoms with van der Waals surface area (Å²) in [5, 5.41) is 21.7. The Labute approximate surface area is 157 Å². The highest BCUT2D eigenvalue weighted by Crippen LogP contribution is 2.27. The van der Waals surface area contributed by atoms with Crippen molar-refractivity contribution in [1.82, 2.24) is 4.57 Å². The van der Waals surface area contributed by atoms with E-state index in [1.165, 1.54) is 6.21 Å². The summed E-state index contributed by atoms with van der Waals surface area (Å²) in [7, 11) is 0. The lowest BCUT2D eigenvalue weighted by atomic mass is 10.2. The fourth-order valence-corrected chi connectivity index (χ4v) is 2.35. The van der Waals surface area contributed by atoms with Crippen molar-refractivity contribution in [2.75, 3.05) is 11.9 Å². The average molecular weight is 369 g/mol. The maximum Gasteiger partial charge on any atom is 0.294 e. The highest BCUT2D eigenvalue weighted by molar-refractivity contribution is 5.80. The molecule has 2 aromatic rings. The standard InChI is InChI=1S/C18H23N7O2/c1-2-3-9-21-16-7-6-15(12-17(16)25(26)27)24-11-8-14(13-24)5-4-10-22-23-18(19)20/h4-8,10-13,21H,2-3,9H2,1H3,(H4,19,20,23)/b5-4+,22-10+. The number of nitrogens with one attached hydrogen (secondary N) is 1. The Morgan fingerprint density at radius 2 is 2.19 bits per heavy atom. The predicted octanol–water partition coefficient (Wildman–Crippen LogP) is 2.87. The molecule has 1 heterocycles. The zero-order chi connectivity index (χ0) is 19.6. The van der Waals surface area contributed by atoms with Gasteiger partial charge in [-0.15, -0.1) is 5.10 Å². The normalized spacial score (nSPS) is 11.1. The number of hydrogen-bond acceptors (Lipinski definition) is 5. The number of unbranched alkanes of at least 4 members (excludes halogenated alkanes) is 1. The van der Waals surface area contributed by atoms with Crippen LogP contribution in [0.2, 0.25) is 0 Å². The van der Waals surface area contributed by atoms with Crippen LogP contribution in [0.1, 0.15) is 25.3 Å². The van der Waals surface area contributed by atoms with E-state index >= 15 is 0 Å². The number of aromatic nitrogens is 1. The third kappa shape index (κ3) is 5.99. The number of nitrogens with two attached hydrogens (primary N) is 2. The zero-order valence-corrected chi connectivity index (χ0v) is 15.1. The lowest BCUT2D eigenvalue weighted by Gasteiger charge is -2.09. The molecule has 0 unspecified atom stereocenters. The highest BCUT2D eigenvalue weighted by Gasteiger charge is 2.15. The van der Waals surface area contributed by atoms with E-state index in [-0.39, 0.29) is 16.6 Å². The molecule has 0 aliphatic heterocycles. The molecular weight excluding hydrogens is 346 g/mol. The first-order valence-electron chi connectivity index (χ1n) is 8.50. The summed E-state index contributed by atoms with van der Waals surface area (Å²) < 4.78 is 1.82. The molecule has 0 amide bonds. The fourth-order valence-electron chi connectivity index (χ4n) is 2.35. The van der Waals surface area contributed by atoms with Gasteiger partial charge in [0.05, 0.1) is 10.6 Å². The largest absolute Gasteiger partial charge is 0.379 e. The minimum Gasteiger partial charge on any atom is -0.379 e. The Kier molecular flexibility index (Phi) is 7.12. The summed E-state index contributed by atoms with van der Waals surface area (Å²) in [5.74, 6) is -0.111. The summed E-state index contributed by atoms with van der Waals surface area (Å²) in [6, 6.07) is 7.02. The van der Waals surface area contributed by atoms with Crippen molar-refractivity contribution < 1.29 is 4.92 Å². The van der Waals surface area contributed by atoms with Gasteiger partial charge in [-0.25, -0.2) is 0 Å². The van der Waals surface area contributed by atoms with Crippen molar-refractivity contribution in [3.8, 4) is 5.69 Å². The van der Waals surface area contributed by atoms with Crippen LogP contribution in [0.3, 0.4) is 0 Å². The summed E-state index contributed by atoms with van der Waals surface area (Å²) >= 11 is 0. The molecule has 9 heteroatoms. The topological polar surface area (TPSA) is 137 Å². The zero-order valence-electron chi connectivity index (χ0n) is 15.1. The summed E-state index contributed by atoms with van der Waals surface area (Å²) in [4.78, 5) is 11.0. The SMILES string of the molecule is CCCCNc1ccc(-n2ccc(/C=C/C=N/N=C(N)N)c2)cc1[N+](=O)[O-]. The van der Waals surface area contributed by atoms with Gasteiger partial charge in [-0.05, 0) is 36.3 Å². The summed E-state index contributed by atoms with van der Waals surface area (Å²) in [5.41, 5.74) is 12.5. The molecule has 0 bridgehead atoms. The molecule has 0 saturated carbocycles. The van der Waals surface area contributed by atoms with E-state index in [0.717, 1.165) is 18.4 Å². The van der Waals surface area contributed by atoms with Gasteiger partial charge in [0.15, 0.2) is 0 Å². The fraction of sp³-hybridized carbons (Fsp3) is 0.222. The Bertz CT molecular complexity index is 864. The van der Waals surface area contributed by atoms with E-state index in [2.05, 4.69) is 22.4 Å². The Morgan fingerprint density at radius 3 is 2.89 bits per heavy atom. The lowest BCUT2D eigenvalue weighted by molar-refractivity contribution is -0.383. The van der Waals surface area contributed by atoms with Crippen molar-refractivity contribution in [1.29, 1.82) is 0 Å². The van der Waals surface area contributed by atoms with Crippen LogP contribution in [0.4, 0.5) is 11.4 Å². The molecule has 1 aromatic carbocycles. The molecule has 0 aliphatic rings. The van der Waals surface area contributed by atoms with E-state index in [0.29, 0.717) is 17.9 Å². The molecule has 1 aromatic heterocycles. The molecule has 9 nitrogen and oxygen atoms in total. The van der Waals surface area contributed by atoms with Crippen LogP contribution in [-0.4, -0.2) is 28.2 Å². The number of nitro benzene ring substituents is 1. The van der Waals surface area contributed by atoms with Crippen LogP contribution in [0.5, 0.6) is 0 Å². The maximum absolute atomic E-state index is 11.4. The van der Waals surface area contributed by atoms with Crippen LogP contribution >= 0.6 is 0 Å². The Morgan fingerprint density at radius 1 is 1.37 bits per heavy atom. The number of nitro groups is 1. The number of guanidine groups is 1. The highest BCUT2D eigenvalue weighted by atomic mass is 16.6. The van der Waals surface area contributed by atoms with Gasteiger partial charge in [-0.3, -0.25) is 10.1 Å². The van der Waals surface area contributed by atoms with Gasteiger partial charge in [-0.2, -0.15) is 5.10 Å². The Balaban J connectivity index is 2.16. The average Bonchev–Trinajstić information content (AvgIpc) is 3.10. The Hall–Kier alpha value is -3.62.